The van der Waals surface area contributed by atoms with Crippen molar-refractivity contribution in [1.82, 2.24) is 9.97 Å². The van der Waals surface area contributed by atoms with Crippen LogP contribution < -0.4 is 10.6 Å². The summed E-state index contributed by atoms with van der Waals surface area (Å²) in [5, 5.41) is 7.61. The van der Waals surface area contributed by atoms with Gasteiger partial charge in [-0.05, 0) is 26.3 Å². The molecule has 0 radical (unpaired) electrons. The van der Waals surface area contributed by atoms with Crippen LogP contribution in [0.1, 0.15) is 25.6 Å². The second kappa shape index (κ2) is 5.31. The third-order valence-corrected chi connectivity index (χ3v) is 3.64. The van der Waals surface area contributed by atoms with Gasteiger partial charge in [0.15, 0.2) is 0 Å². The number of aryl methyl sites for hydroxylation is 1. The molecule has 92 valence electrons. The van der Waals surface area contributed by atoms with Crippen LogP contribution in [0, 0.1) is 0 Å². The lowest BCUT2D eigenvalue weighted by molar-refractivity contribution is 1.09. The van der Waals surface area contributed by atoms with Crippen LogP contribution in [0.3, 0.4) is 0 Å². The lowest BCUT2D eigenvalue weighted by Crippen LogP contribution is -2.06. The highest BCUT2D eigenvalue weighted by Gasteiger charge is 2.10. The Hall–Kier alpha value is -1.36. The number of hydrogen-bond acceptors (Lipinski definition) is 5. The van der Waals surface area contributed by atoms with E-state index in [1.54, 1.807) is 11.3 Å². The zero-order valence-corrected chi connectivity index (χ0v) is 11.3. The highest BCUT2D eigenvalue weighted by atomic mass is 32.1. The second-order valence-electron chi connectivity index (χ2n) is 3.74. The molecule has 0 amide bonds. The molecule has 0 saturated heterocycles. The predicted molar refractivity (Wildman–Crippen MR) is 75.1 cm³/mol. The molecule has 2 heterocycles. The first-order valence-corrected chi connectivity index (χ1v) is 6.88. The molecular formula is C12H18N4S. The largest absolute Gasteiger partial charge is 0.370 e. The average molecular weight is 250 g/mol. The van der Waals surface area contributed by atoms with E-state index in [9.17, 15) is 0 Å². The van der Waals surface area contributed by atoms with Crippen LogP contribution in [0.25, 0.3) is 10.2 Å². The summed E-state index contributed by atoms with van der Waals surface area (Å²) in [5.74, 6) is 1.64. The second-order valence-corrected chi connectivity index (χ2v) is 4.86. The van der Waals surface area contributed by atoms with E-state index in [4.69, 9.17) is 0 Å². The molecule has 0 atom stereocenters. The van der Waals surface area contributed by atoms with Crippen LogP contribution in [-0.2, 0) is 6.42 Å². The smallest absolute Gasteiger partial charge is 0.226 e. The van der Waals surface area contributed by atoms with Crippen LogP contribution in [0.4, 0.5) is 11.8 Å². The summed E-state index contributed by atoms with van der Waals surface area (Å²) >= 11 is 1.75. The molecule has 0 aliphatic heterocycles. The fraction of sp³-hybridized carbons (Fsp3) is 0.500. The molecule has 0 unspecified atom stereocenters. The van der Waals surface area contributed by atoms with Crippen molar-refractivity contribution in [2.45, 2.75) is 27.2 Å². The molecule has 0 bridgehead atoms. The van der Waals surface area contributed by atoms with Crippen LogP contribution in [0.5, 0.6) is 0 Å². The van der Waals surface area contributed by atoms with Crippen molar-refractivity contribution in [3.8, 4) is 0 Å². The van der Waals surface area contributed by atoms with E-state index in [1.807, 2.05) is 6.92 Å². The molecular weight excluding hydrogens is 232 g/mol. The lowest BCUT2D eigenvalue weighted by atomic mass is 10.3. The van der Waals surface area contributed by atoms with E-state index in [0.717, 1.165) is 35.5 Å². The number of hydrogen-bond donors (Lipinski definition) is 2. The number of thiophene rings is 1. The summed E-state index contributed by atoms with van der Waals surface area (Å²) in [6.45, 7) is 7.99. The van der Waals surface area contributed by atoms with E-state index < -0.39 is 0 Å². The highest BCUT2D eigenvalue weighted by molar-refractivity contribution is 7.18. The Labute approximate surface area is 105 Å². The Morgan fingerprint density at radius 1 is 1.12 bits per heavy atom. The third kappa shape index (κ3) is 2.49. The van der Waals surface area contributed by atoms with Crippen molar-refractivity contribution in [2.24, 2.45) is 0 Å². The van der Waals surface area contributed by atoms with Gasteiger partial charge in [0, 0.05) is 18.0 Å². The Morgan fingerprint density at radius 2 is 1.88 bits per heavy atom. The van der Waals surface area contributed by atoms with Crippen molar-refractivity contribution in [3.05, 3.63) is 10.9 Å². The number of nitrogens with one attached hydrogen (secondary N) is 2. The number of anilines is 2. The van der Waals surface area contributed by atoms with Crippen molar-refractivity contribution in [2.75, 3.05) is 23.7 Å². The quantitative estimate of drug-likeness (QED) is 0.856. The Kier molecular flexibility index (Phi) is 3.78. The predicted octanol–water partition coefficient (Wildman–Crippen LogP) is 3.12. The molecule has 2 rings (SSSR count). The molecule has 2 aromatic rings. The molecule has 0 aliphatic carbocycles. The van der Waals surface area contributed by atoms with E-state index in [2.05, 4.69) is 40.5 Å². The van der Waals surface area contributed by atoms with Gasteiger partial charge in [-0.15, -0.1) is 11.3 Å². The van der Waals surface area contributed by atoms with E-state index in [0.29, 0.717) is 5.95 Å². The molecule has 4 nitrogen and oxygen atoms in total. The van der Waals surface area contributed by atoms with Gasteiger partial charge in [0.1, 0.15) is 10.6 Å². The molecule has 5 heteroatoms. The van der Waals surface area contributed by atoms with Crippen molar-refractivity contribution in [3.63, 3.8) is 0 Å². The minimum absolute atomic E-state index is 0.709. The van der Waals surface area contributed by atoms with Crippen molar-refractivity contribution < 1.29 is 0 Å². The van der Waals surface area contributed by atoms with Gasteiger partial charge in [-0.3, -0.25) is 0 Å². The van der Waals surface area contributed by atoms with E-state index in [1.165, 1.54) is 4.88 Å². The maximum absolute atomic E-state index is 4.53. The number of nitrogens with zero attached hydrogens (tertiary/aromatic N) is 2. The summed E-state index contributed by atoms with van der Waals surface area (Å²) in [7, 11) is 0. The summed E-state index contributed by atoms with van der Waals surface area (Å²) in [5.41, 5.74) is 0. The molecule has 0 saturated carbocycles. The number of aromatic nitrogens is 2. The third-order valence-electron chi connectivity index (χ3n) is 2.47. The van der Waals surface area contributed by atoms with Crippen molar-refractivity contribution >= 4 is 33.3 Å². The average Bonchev–Trinajstić information content (AvgIpc) is 2.73. The number of fused-ring (bicyclic) bond motifs is 1. The molecule has 2 N–H and O–H groups in total. The van der Waals surface area contributed by atoms with Crippen LogP contribution in [0.2, 0.25) is 0 Å². The first kappa shape index (κ1) is 12.1. The van der Waals surface area contributed by atoms with Crippen LogP contribution in [-0.4, -0.2) is 23.1 Å². The molecule has 0 fully saturated rings. The highest BCUT2D eigenvalue weighted by Crippen LogP contribution is 2.30. The fourth-order valence-corrected chi connectivity index (χ4v) is 2.65. The van der Waals surface area contributed by atoms with Gasteiger partial charge in [-0.1, -0.05) is 6.92 Å². The number of rotatable bonds is 5. The summed E-state index contributed by atoms with van der Waals surface area (Å²) in [4.78, 5) is 11.4. The van der Waals surface area contributed by atoms with Gasteiger partial charge >= 0.3 is 0 Å². The molecule has 0 aromatic carbocycles. The van der Waals surface area contributed by atoms with Gasteiger partial charge in [-0.25, -0.2) is 4.98 Å². The Morgan fingerprint density at radius 3 is 2.53 bits per heavy atom. The van der Waals surface area contributed by atoms with Crippen LogP contribution >= 0.6 is 11.3 Å². The van der Waals surface area contributed by atoms with Gasteiger partial charge in [0.25, 0.3) is 0 Å². The van der Waals surface area contributed by atoms with E-state index in [-0.39, 0.29) is 0 Å². The SMILES string of the molecule is CCNc1nc(NCC)c2cc(CC)sc2n1. The molecule has 2 aromatic heterocycles. The minimum atomic E-state index is 0.709. The maximum Gasteiger partial charge on any atom is 0.226 e. The first-order chi connectivity index (χ1) is 8.28. The zero-order valence-electron chi connectivity index (χ0n) is 10.5. The van der Waals surface area contributed by atoms with Gasteiger partial charge < -0.3 is 10.6 Å². The normalized spacial score (nSPS) is 10.8. The standard InChI is InChI=1S/C12H18N4S/c1-4-8-7-9-10(13-5-2)15-12(14-6-3)16-11(9)17-8/h7H,4-6H2,1-3H3,(H2,13,14,15,16). The fourth-order valence-electron chi connectivity index (χ4n) is 1.68. The monoisotopic (exact) mass is 250 g/mol. The lowest BCUT2D eigenvalue weighted by Gasteiger charge is -2.07. The van der Waals surface area contributed by atoms with Crippen LogP contribution in [0.15, 0.2) is 6.07 Å². The molecule has 17 heavy (non-hydrogen) atoms. The van der Waals surface area contributed by atoms with Crippen molar-refractivity contribution in [1.29, 1.82) is 0 Å². The maximum atomic E-state index is 4.53. The minimum Gasteiger partial charge on any atom is -0.370 e. The van der Waals surface area contributed by atoms with Gasteiger partial charge in [-0.2, -0.15) is 4.98 Å². The topological polar surface area (TPSA) is 49.8 Å². The Balaban J connectivity index is 2.52. The summed E-state index contributed by atoms with van der Waals surface area (Å²) in [6.07, 6.45) is 1.04. The van der Waals surface area contributed by atoms with Gasteiger partial charge in [0.05, 0.1) is 5.39 Å². The Bertz CT molecular complexity index is 506. The molecule has 0 spiro atoms. The van der Waals surface area contributed by atoms with Gasteiger partial charge in [0.2, 0.25) is 5.95 Å². The zero-order chi connectivity index (χ0) is 12.3. The summed E-state index contributed by atoms with van der Waals surface area (Å²) in [6, 6.07) is 2.19. The first-order valence-electron chi connectivity index (χ1n) is 6.06. The summed E-state index contributed by atoms with van der Waals surface area (Å²) < 4.78 is 0. The molecule has 0 aliphatic rings. The van der Waals surface area contributed by atoms with E-state index >= 15 is 0 Å².